The third-order valence-electron chi connectivity index (χ3n) is 5.38. The molecule has 5 rings (SSSR count). The first kappa shape index (κ1) is 18.6. The van der Waals surface area contributed by atoms with E-state index in [9.17, 15) is 9.59 Å². The Balaban J connectivity index is 1.20. The lowest BCUT2D eigenvalue weighted by atomic mass is 10.1. The highest BCUT2D eigenvalue weighted by Crippen LogP contribution is 2.33. The van der Waals surface area contributed by atoms with Gasteiger partial charge in [0.1, 0.15) is 5.65 Å². The van der Waals surface area contributed by atoms with Crippen molar-refractivity contribution < 1.29 is 14.0 Å². The van der Waals surface area contributed by atoms with E-state index in [1.807, 2.05) is 46.0 Å². The molecule has 1 fully saturated rings. The molecule has 1 aliphatic heterocycles. The molecule has 5 heterocycles. The van der Waals surface area contributed by atoms with Gasteiger partial charge < -0.3 is 19.0 Å². The summed E-state index contributed by atoms with van der Waals surface area (Å²) in [6.45, 7) is 1.79. The van der Waals surface area contributed by atoms with Crippen molar-refractivity contribution in [2.24, 2.45) is 0 Å². The molecular weight excluding hydrogens is 400 g/mol. The van der Waals surface area contributed by atoms with Gasteiger partial charge in [0.2, 0.25) is 0 Å². The third-order valence-corrected chi connectivity index (χ3v) is 6.62. The first-order valence-electron chi connectivity index (χ1n) is 9.80. The number of aromatic nitrogens is 2. The van der Waals surface area contributed by atoms with Crippen molar-refractivity contribution in [1.29, 1.82) is 0 Å². The van der Waals surface area contributed by atoms with Crippen molar-refractivity contribution in [1.82, 2.24) is 19.6 Å². The minimum Gasteiger partial charge on any atom is -0.459 e. The van der Waals surface area contributed by atoms with Crippen LogP contribution < -0.4 is 5.32 Å². The second-order valence-corrected chi connectivity index (χ2v) is 8.44. The number of amides is 2. The second-order valence-electron chi connectivity index (χ2n) is 7.33. The average molecular weight is 420 g/mol. The molecule has 0 bridgehead atoms. The van der Waals surface area contributed by atoms with Crippen LogP contribution in [0, 0.1) is 0 Å². The fourth-order valence-electron chi connectivity index (χ4n) is 3.76. The number of carbonyl (C=O) groups is 2. The Morgan fingerprint density at radius 2 is 2.17 bits per heavy atom. The lowest BCUT2D eigenvalue weighted by Crippen LogP contribution is -2.27. The maximum absolute atomic E-state index is 12.6. The number of furan rings is 1. The molecule has 30 heavy (non-hydrogen) atoms. The van der Waals surface area contributed by atoms with Crippen molar-refractivity contribution in [2.45, 2.75) is 18.9 Å². The number of likely N-dealkylation sites (tertiary alicyclic amines) is 1. The molecule has 1 N–H and O–H groups in total. The van der Waals surface area contributed by atoms with E-state index in [0.717, 1.165) is 22.5 Å². The maximum atomic E-state index is 12.6. The molecular formula is C22H20N4O3S. The Bertz CT molecular complexity index is 1190. The van der Waals surface area contributed by atoms with Crippen molar-refractivity contribution in [3.63, 3.8) is 0 Å². The van der Waals surface area contributed by atoms with Crippen LogP contribution in [0.25, 0.3) is 5.65 Å². The van der Waals surface area contributed by atoms with Crippen LogP contribution in [0.1, 0.15) is 43.0 Å². The highest BCUT2D eigenvalue weighted by Gasteiger charge is 2.30. The Kier molecular flexibility index (Phi) is 4.84. The number of nitrogens with zero attached hydrogens (tertiary/aromatic N) is 3. The Morgan fingerprint density at radius 3 is 3.03 bits per heavy atom. The summed E-state index contributed by atoms with van der Waals surface area (Å²) in [5, 5.41) is 2.98. The van der Waals surface area contributed by atoms with E-state index in [2.05, 4.69) is 10.3 Å². The lowest BCUT2D eigenvalue weighted by Gasteiger charge is -2.14. The summed E-state index contributed by atoms with van der Waals surface area (Å²) in [6.07, 6.45) is 7.97. The van der Waals surface area contributed by atoms with Crippen molar-refractivity contribution in [3.8, 4) is 0 Å². The third kappa shape index (κ3) is 3.61. The zero-order chi connectivity index (χ0) is 20.5. The predicted molar refractivity (Wildman–Crippen MR) is 113 cm³/mol. The van der Waals surface area contributed by atoms with Crippen LogP contribution in [0.5, 0.6) is 0 Å². The summed E-state index contributed by atoms with van der Waals surface area (Å²) < 4.78 is 7.15. The molecule has 0 aromatic carbocycles. The summed E-state index contributed by atoms with van der Waals surface area (Å²) in [4.78, 5) is 32.9. The minimum absolute atomic E-state index is 0.0773. The van der Waals surface area contributed by atoms with Gasteiger partial charge in [-0.05, 0) is 48.4 Å². The number of rotatable bonds is 5. The second kappa shape index (κ2) is 7.79. The van der Waals surface area contributed by atoms with E-state index in [0.29, 0.717) is 30.3 Å². The van der Waals surface area contributed by atoms with Crippen molar-refractivity contribution in [3.05, 3.63) is 82.3 Å². The van der Waals surface area contributed by atoms with Crippen LogP contribution >= 0.6 is 11.3 Å². The van der Waals surface area contributed by atoms with Gasteiger partial charge in [0, 0.05) is 49.0 Å². The first-order chi connectivity index (χ1) is 14.7. The van der Waals surface area contributed by atoms with Crippen molar-refractivity contribution in [2.75, 3.05) is 13.1 Å². The number of hydrogen-bond donors (Lipinski definition) is 1. The molecule has 0 aliphatic carbocycles. The van der Waals surface area contributed by atoms with E-state index in [1.165, 1.54) is 17.6 Å². The van der Waals surface area contributed by atoms with Gasteiger partial charge in [0.05, 0.1) is 11.1 Å². The fourth-order valence-corrected chi connectivity index (χ4v) is 4.81. The van der Waals surface area contributed by atoms with Crippen LogP contribution in [-0.2, 0) is 6.54 Å². The van der Waals surface area contributed by atoms with Gasteiger partial charge in [-0.2, -0.15) is 0 Å². The zero-order valence-corrected chi connectivity index (χ0v) is 17.0. The monoisotopic (exact) mass is 420 g/mol. The number of nitrogens with one attached hydrogen (secondary N) is 1. The summed E-state index contributed by atoms with van der Waals surface area (Å²) in [5.41, 5.74) is 1.86. The molecule has 1 unspecified atom stereocenters. The standard InChI is InChI=1S/C22H20N4O3S/c27-21(24-13-15-5-8-25-10-7-23-20(25)12-15)19-4-3-18(30-19)16-6-9-26(14-16)22(28)17-2-1-11-29-17/h1-5,7-8,10-12,16H,6,9,13-14H2,(H,24,27). The molecule has 4 aromatic heterocycles. The molecule has 0 radical (unpaired) electrons. The van der Waals surface area contributed by atoms with Gasteiger partial charge in [-0.1, -0.05) is 0 Å². The summed E-state index contributed by atoms with van der Waals surface area (Å²) in [6, 6.07) is 11.2. The van der Waals surface area contributed by atoms with Crippen LogP contribution in [0.2, 0.25) is 0 Å². The SMILES string of the molecule is O=C(NCc1ccn2ccnc2c1)c1ccc(C2CCN(C(=O)c3ccco3)C2)s1. The summed E-state index contributed by atoms with van der Waals surface area (Å²) in [5.74, 6) is 0.455. The molecule has 4 aromatic rings. The van der Waals surface area contributed by atoms with Crippen molar-refractivity contribution >= 4 is 28.8 Å². The maximum Gasteiger partial charge on any atom is 0.289 e. The average Bonchev–Trinajstić information content (AvgIpc) is 3.57. The lowest BCUT2D eigenvalue weighted by molar-refractivity contribution is 0.0759. The highest BCUT2D eigenvalue weighted by molar-refractivity contribution is 7.14. The Labute approximate surface area is 176 Å². The van der Waals surface area contributed by atoms with E-state index >= 15 is 0 Å². The molecule has 8 heteroatoms. The van der Waals surface area contributed by atoms with Gasteiger partial charge in [0.15, 0.2) is 5.76 Å². The van der Waals surface area contributed by atoms with E-state index in [4.69, 9.17) is 4.42 Å². The highest BCUT2D eigenvalue weighted by atomic mass is 32.1. The molecule has 0 saturated carbocycles. The smallest absolute Gasteiger partial charge is 0.289 e. The van der Waals surface area contributed by atoms with Crippen LogP contribution in [0.4, 0.5) is 0 Å². The van der Waals surface area contributed by atoms with E-state index in [1.54, 1.807) is 18.3 Å². The van der Waals surface area contributed by atoms with E-state index < -0.39 is 0 Å². The molecule has 0 spiro atoms. The summed E-state index contributed by atoms with van der Waals surface area (Å²) >= 11 is 1.50. The molecule has 7 nitrogen and oxygen atoms in total. The number of fused-ring (bicyclic) bond motifs is 1. The fraction of sp³-hybridized carbons (Fsp3) is 0.227. The number of carbonyl (C=O) groups excluding carboxylic acids is 2. The molecule has 152 valence electrons. The number of pyridine rings is 1. The van der Waals surface area contributed by atoms with Gasteiger partial charge in [-0.15, -0.1) is 11.3 Å². The van der Waals surface area contributed by atoms with Crippen LogP contribution in [0.15, 0.2) is 65.7 Å². The molecule has 1 saturated heterocycles. The number of thiophene rings is 1. The minimum atomic E-state index is -0.0871. The van der Waals surface area contributed by atoms with Crippen LogP contribution in [-0.4, -0.2) is 39.2 Å². The Morgan fingerprint density at radius 1 is 1.23 bits per heavy atom. The number of imidazole rings is 1. The topological polar surface area (TPSA) is 79.9 Å². The molecule has 1 atom stereocenters. The molecule has 1 aliphatic rings. The van der Waals surface area contributed by atoms with E-state index in [-0.39, 0.29) is 17.7 Å². The largest absolute Gasteiger partial charge is 0.459 e. The number of hydrogen-bond acceptors (Lipinski definition) is 5. The Hall–Kier alpha value is -3.39. The first-order valence-corrected chi connectivity index (χ1v) is 10.6. The van der Waals surface area contributed by atoms with Crippen LogP contribution in [0.3, 0.4) is 0 Å². The van der Waals surface area contributed by atoms with Gasteiger partial charge in [-0.3, -0.25) is 9.59 Å². The van der Waals surface area contributed by atoms with Gasteiger partial charge in [0.25, 0.3) is 11.8 Å². The van der Waals surface area contributed by atoms with Gasteiger partial charge in [-0.25, -0.2) is 4.98 Å². The summed E-state index contributed by atoms with van der Waals surface area (Å²) in [7, 11) is 0. The van der Waals surface area contributed by atoms with Gasteiger partial charge >= 0.3 is 0 Å². The normalized spacial score (nSPS) is 16.3. The molecule has 2 amide bonds. The quantitative estimate of drug-likeness (QED) is 0.536. The zero-order valence-electron chi connectivity index (χ0n) is 16.2. The predicted octanol–water partition coefficient (Wildman–Crippen LogP) is 3.55.